The summed E-state index contributed by atoms with van der Waals surface area (Å²) in [4.78, 5) is 10.9. The summed E-state index contributed by atoms with van der Waals surface area (Å²) in [6.07, 6.45) is 0. The lowest BCUT2D eigenvalue weighted by molar-refractivity contribution is 0.0690. The van der Waals surface area contributed by atoms with Crippen molar-refractivity contribution in [2.75, 3.05) is 0 Å². The molecule has 6 heteroatoms. The van der Waals surface area contributed by atoms with Crippen LogP contribution in [0.3, 0.4) is 0 Å². The van der Waals surface area contributed by atoms with Gasteiger partial charge in [0.1, 0.15) is 11.4 Å². The van der Waals surface area contributed by atoms with Gasteiger partial charge in [0, 0.05) is 16.1 Å². The number of carboxylic acids is 1. The van der Waals surface area contributed by atoms with Crippen molar-refractivity contribution in [3.63, 3.8) is 0 Å². The number of aromatic nitrogens is 2. The zero-order valence-electron chi connectivity index (χ0n) is 11.4. The number of halogens is 1. The summed E-state index contributed by atoms with van der Waals surface area (Å²) >= 11 is 6.08. The first-order chi connectivity index (χ1) is 9.20. The van der Waals surface area contributed by atoms with Crippen molar-refractivity contribution in [3.05, 3.63) is 34.5 Å². The van der Waals surface area contributed by atoms with Crippen molar-refractivity contribution in [1.82, 2.24) is 10.2 Å². The minimum atomic E-state index is -1.11. The number of phenols is 1. The van der Waals surface area contributed by atoms with Gasteiger partial charge in [-0.2, -0.15) is 5.10 Å². The third kappa shape index (κ3) is 2.63. The molecule has 0 fully saturated rings. The largest absolute Gasteiger partial charge is 0.507 e. The average molecular weight is 295 g/mol. The topological polar surface area (TPSA) is 86.2 Å². The normalized spacial score (nSPS) is 11.6. The molecule has 0 bridgehead atoms. The Kier molecular flexibility index (Phi) is 3.48. The Labute approximate surface area is 121 Å². The Hall–Kier alpha value is -2.01. The van der Waals surface area contributed by atoms with Crippen LogP contribution in [0, 0.1) is 0 Å². The second kappa shape index (κ2) is 4.83. The summed E-state index contributed by atoms with van der Waals surface area (Å²) in [6.45, 7) is 5.86. The Morgan fingerprint density at radius 1 is 1.30 bits per heavy atom. The molecule has 0 aliphatic heterocycles. The van der Waals surface area contributed by atoms with Crippen LogP contribution in [-0.4, -0.2) is 26.4 Å². The van der Waals surface area contributed by atoms with Gasteiger partial charge in [0.2, 0.25) is 0 Å². The highest BCUT2D eigenvalue weighted by Crippen LogP contribution is 2.40. The molecule has 106 valence electrons. The first-order valence-electron chi connectivity index (χ1n) is 6.02. The molecule has 5 nitrogen and oxygen atoms in total. The fourth-order valence-electron chi connectivity index (χ4n) is 1.94. The van der Waals surface area contributed by atoms with E-state index in [1.165, 1.54) is 6.07 Å². The number of rotatable bonds is 2. The van der Waals surface area contributed by atoms with Crippen LogP contribution < -0.4 is 0 Å². The highest BCUT2D eigenvalue weighted by atomic mass is 35.5. The van der Waals surface area contributed by atoms with E-state index in [9.17, 15) is 9.90 Å². The van der Waals surface area contributed by atoms with Gasteiger partial charge in [-0.3, -0.25) is 5.10 Å². The number of carboxylic acid groups (broad SMARTS) is 1. The van der Waals surface area contributed by atoms with Crippen LogP contribution in [-0.2, 0) is 5.41 Å². The molecular weight excluding hydrogens is 280 g/mol. The summed E-state index contributed by atoms with van der Waals surface area (Å²) in [5.41, 5.74) is 1.09. The predicted octanol–water partition coefficient (Wildman–Crippen LogP) is 3.43. The van der Waals surface area contributed by atoms with Gasteiger partial charge < -0.3 is 10.2 Å². The number of hydrogen-bond donors (Lipinski definition) is 3. The van der Waals surface area contributed by atoms with Crippen molar-refractivity contribution < 1.29 is 15.0 Å². The molecule has 20 heavy (non-hydrogen) atoms. The molecule has 0 aliphatic carbocycles. The molecule has 0 radical (unpaired) electrons. The van der Waals surface area contributed by atoms with E-state index in [0.29, 0.717) is 21.8 Å². The first-order valence-corrected chi connectivity index (χ1v) is 6.40. The number of hydrogen-bond acceptors (Lipinski definition) is 3. The Morgan fingerprint density at radius 3 is 2.45 bits per heavy atom. The minimum absolute atomic E-state index is 0.0447. The number of aromatic carboxylic acids is 1. The Morgan fingerprint density at radius 2 is 1.95 bits per heavy atom. The fourth-order valence-corrected chi connectivity index (χ4v) is 2.15. The van der Waals surface area contributed by atoms with E-state index >= 15 is 0 Å². The molecule has 0 aliphatic rings. The summed E-state index contributed by atoms with van der Waals surface area (Å²) < 4.78 is 0. The van der Waals surface area contributed by atoms with Crippen LogP contribution >= 0.6 is 11.6 Å². The van der Waals surface area contributed by atoms with Crippen molar-refractivity contribution in [2.24, 2.45) is 0 Å². The lowest BCUT2D eigenvalue weighted by atomic mass is 9.85. The molecule has 0 amide bonds. The number of nitrogens with one attached hydrogen (secondary N) is 1. The summed E-state index contributed by atoms with van der Waals surface area (Å²) in [5, 5.41) is 26.1. The predicted molar refractivity (Wildman–Crippen MR) is 76.4 cm³/mol. The van der Waals surface area contributed by atoms with Gasteiger partial charge >= 0.3 is 5.97 Å². The van der Waals surface area contributed by atoms with E-state index in [1.54, 1.807) is 12.1 Å². The van der Waals surface area contributed by atoms with Gasteiger partial charge in [-0.15, -0.1) is 0 Å². The van der Waals surface area contributed by atoms with Gasteiger partial charge in [0.15, 0.2) is 0 Å². The molecular formula is C14H15ClN2O3. The Balaban J connectivity index is 2.62. The summed E-state index contributed by atoms with van der Waals surface area (Å²) in [5.74, 6) is -1.05. The molecule has 2 rings (SSSR count). The smallest absolute Gasteiger partial charge is 0.353 e. The van der Waals surface area contributed by atoms with Crippen molar-refractivity contribution in [1.29, 1.82) is 0 Å². The van der Waals surface area contributed by atoms with Crippen LogP contribution in [0.15, 0.2) is 18.2 Å². The van der Waals surface area contributed by atoms with Crippen molar-refractivity contribution in [2.45, 2.75) is 26.2 Å². The fraction of sp³-hybridized carbons (Fsp3) is 0.286. The summed E-state index contributed by atoms with van der Waals surface area (Å²) in [6, 6.07) is 4.62. The highest BCUT2D eigenvalue weighted by Gasteiger charge is 2.23. The number of nitrogens with zero attached hydrogens (tertiary/aromatic N) is 1. The standard InChI is InChI=1S/C14H15ClN2O3/c1-14(2,3)9-5-7(15)4-8(12(9)18)10-6-11(13(19)20)17-16-10/h4-6,18H,1-3H3,(H,16,17)(H,19,20). The van der Waals surface area contributed by atoms with E-state index in [1.807, 2.05) is 20.8 Å². The molecule has 0 unspecified atom stereocenters. The van der Waals surface area contributed by atoms with Gasteiger partial charge in [0.25, 0.3) is 0 Å². The number of aromatic amines is 1. The van der Waals surface area contributed by atoms with E-state index in [0.717, 1.165) is 0 Å². The lowest BCUT2D eigenvalue weighted by Crippen LogP contribution is -2.11. The number of aromatic hydroxyl groups is 1. The van der Waals surface area contributed by atoms with Crippen LogP contribution in [0.5, 0.6) is 5.75 Å². The quantitative estimate of drug-likeness (QED) is 0.792. The average Bonchev–Trinajstić information content (AvgIpc) is 2.79. The molecule has 0 saturated carbocycles. The third-order valence-electron chi connectivity index (χ3n) is 2.97. The zero-order chi connectivity index (χ0) is 15.1. The molecule has 0 spiro atoms. The zero-order valence-corrected chi connectivity index (χ0v) is 12.1. The van der Waals surface area contributed by atoms with Gasteiger partial charge in [0.05, 0.1) is 5.69 Å². The molecule has 1 aromatic heterocycles. The van der Waals surface area contributed by atoms with E-state index in [4.69, 9.17) is 16.7 Å². The number of benzene rings is 1. The maximum Gasteiger partial charge on any atom is 0.353 e. The van der Waals surface area contributed by atoms with Crippen LogP contribution in [0.2, 0.25) is 5.02 Å². The van der Waals surface area contributed by atoms with Crippen LogP contribution in [0.4, 0.5) is 0 Å². The SMILES string of the molecule is CC(C)(C)c1cc(Cl)cc(-c2cc(C(=O)O)[nH]n2)c1O. The number of carbonyl (C=O) groups is 1. The van der Waals surface area contributed by atoms with E-state index < -0.39 is 5.97 Å². The maximum absolute atomic E-state index is 10.9. The molecule has 2 aromatic rings. The van der Waals surface area contributed by atoms with Crippen molar-refractivity contribution in [3.8, 4) is 17.0 Å². The second-order valence-corrected chi connectivity index (χ2v) is 6.01. The van der Waals surface area contributed by atoms with Crippen molar-refractivity contribution >= 4 is 17.6 Å². The van der Waals surface area contributed by atoms with Gasteiger partial charge in [-0.25, -0.2) is 4.79 Å². The van der Waals surface area contributed by atoms with E-state index in [2.05, 4.69) is 10.2 Å². The van der Waals surface area contributed by atoms with Crippen LogP contribution in [0.25, 0.3) is 11.3 Å². The maximum atomic E-state index is 10.9. The Bertz CT molecular complexity index is 672. The molecule has 3 N–H and O–H groups in total. The minimum Gasteiger partial charge on any atom is -0.507 e. The van der Waals surface area contributed by atoms with Gasteiger partial charge in [-0.05, 0) is 23.6 Å². The number of H-pyrrole nitrogens is 1. The first kappa shape index (κ1) is 14.4. The molecule has 0 saturated heterocycles. The van der Waals surface area contributed by atoms with E-state index in [-0.39, 0.29) is 16.9 Å². The third-order valence-corrected chi connectivity index (χ3v) is 3.19. The summed E-state index contributed by atoms with van der Waals surface area (Å²) in [7, 11) is 0. The highest BCUT2D eigenvalue weighted by molar-refractivity contribution is 6.31. The molecule has 1 aromatic carbocycles. The van der Waals surface area contributed by atoms with Crippen LogP contribution in [0.1, 0.15) is 36.8 Å². The monoisotopic (exact) mass is 294 g/mol. The molecule has 1 heterocycles. The lowest BCUT2D eigenvalue weighted by Gasteiger charge is -2.22. The van der Waals surface area contributed by atoms with Gasteiger partial charge in [-0.1, -0.05) is 32.4 Å². The molecule has 0 atom stereocenters. The number of phenolic OH excluding ortho intramolecular Hbond substituents is 1. The second-order valence-electron chi connectivity index (χ2n) is 5.57.